The Morgan fingerprint density at radius 2 is 1.96 bits per heavy atom. The van der Waals surface area contributed by atoms with Gasteiger partial charge in [0.2, 0.25) is 11.8 Å². The lowest BCUT2D eigenvalue weighted by atomic mass is 9.91. The van der Waals surface area contributed by atoms with E-state index in [-0.39, 0.29) is 35.6 Å². The number of carbonyl (C=O) groups is 2. The molecular formula is C19H28ClN3O2. The maximum Gasteiger partial charge on any atom is 0.228 e. The van der Waals surface area contributed by atoms with Gasteiger partial charge in [0.15, 0.2) is 0 Å². The van der Waals surface area contributed by atoms with E-state index in [0.29, 0.717) is 13.1 Å². The molecule has 1 aliphatic carbocycles. The number of nitrogens with one attached hydrogen (secondary N) is 2. The van der Waals surface area contributed by atoms with Crippen LogP contribution in [0.25, 0.3) is 0 Å². The van der Waals surface area contributed by atoms with Crippen LogP contribution in [0.3, 0.4) is 0 Å². The second-order valence-corrected chi connectivity index (χ2v) is 7.05. The molecule has 0 radical (unpaired) electrons. The molecule has 1 unspecified atom stereocenters. The lowest BCUT2D eigenvalue weighted by molar-refractivity contribution is -0.129. The zero-order chi connectivity index (χ0) is 17.2. The minimum absolute atomic E-state index is 0. The highest BCUT2D eigenvalue weighted by atomic mass is 35.5. The molecule has 1 atom stereocenters. The van der Waals surface area contributed by atoms with Crippen LogP contribution in [0.1, 0.15) is 38.7 Å². The molecule has 1 aromatic carbocycles. The largest absolute Gasteiger partial charge is 0.339 e. The van der Waals surface area contributed by atoms with Gasteiger partial charge in [-0.3, -0.25) is 9.59 Å². The maximum atomic E-state index is 12.7. The molecule has 0 aromatic heterocycles. The molecule has 138 valence electrons. The van der Waals surface area contributed by atoms with Gasteiger partial charge in [-0.15, -0.1) is 12.4 Å². The van der Waals surface area contributed by atoms with Gasteiger partial charge in [0.05, 0.1) is 0 Å². The average molecular weight is 366 g/mol. The fourth-order valence-corrected chi connectivity index (χ4v) is 3.85. The van der Waals surface area contributed by atoms with Gasteiger partial charge in [0, 0.05) is 31.6 Å². The molecule has 1 saturated heterocycles. The summed E-state index contributed by atoms with van der Waals surface area (Å²) in [4.78, 5) is 26.1. The van der Waals surface area contributed by atoms with Gasteiger partial charge in [-0.25, -0.2) is 0 Å². The molecule has 5 nitrogen and oxygen atoms in total. The third-order valence-corrected chi connectivity index (χ3v) is 5.57. The van der Waals surface area contributed by atoms with Crippen LogP contribution in [0.4, 0.5) is 5.69 Å². The Kier molecular flexibility index (Phi) is 6.47. The molecular weight excluding hydrogens is 338 g/mol. The molecule has 6 heteroatoms. The van der Waals surface area contributed by atoms with E-state index in [1.807, 2.05) is 31.2 Å². The third kappa shape index (κ3) is 4.33. The van der Waals surface area contributed by atoms with Gasteiger partial charge >= 0.3 is 0 Å². The quantitative estimate of drug-likeness (QED) is 0.843. The lowest BCUT2D eigenvalue weighted by Gasteiger charge is -2.24. The van der Waals surface area contributed by atoms with E-state index in [4.69, 9.17) is 0 Å². The number of anilines is 1. The van der Waals surface area contributed by atoms with Gasteiger partial charge in [0.1, 0.15) is 0 Å². The number of rotatable bonds is 5. The second kappa shape index (κ2) is 8.19. The average Bonchev–Trinajstić information content (AvgIpc) is 3.27. The molecule has 1 aromatic rings. The van der Waals surface area contributed by atoms with Crippen LogP contribution in [0.5, 0.6) is 0 Å². The summed E-state index contributed by atoms with van der Waals surface area (Å²) in [5.41, 5.74) is 2.06. The molecule has 0 bridgehead atoms. The summed E-state index contributed by atoms with van der Waals surface area (Å²) in [5.74, 6) is 0.326. The molecule has 2 fully saturated rings. The lowest BCUT2D eigenvalue weighted by Crippen LogP contribution is -2.32. The standard InChI is InChI=1S/C19H27N3O2.ClH/c1-3-22(14(2)23)13-15-6-4-5-7-17(15)21-18(24)16-12-19(16)8-10-20-11-9-19;/h4-7,16,20H,3,8-13H2,1-2H3,(H,21,24);1H. The van der Waals surface area contributed by atoms with Crippen molar-refractivity contribution in [1.82, 2.24) is 10.2 Å². The number of piperidine rings is 1. The zero-order valence-electron chi connectivity index (χ0n) is 15.0. The number of amides is 2. The molecule has 1 heterocycles. The normalized spacial score (nSPS) is 20.5. The number of hydrogen-bond donors (Lipinski definition) is 2. The van der Waals surface area contributed by atoms with Crippen molar-refractivity contribution in [2.75, 3.05) is 25.0 Å². The van der Waals surface area contributed by atoms with E-state index in [1.54, 1.807) is 11.8 Å². The van der Waals surface area contributed by atoms with Crippen LogP contribution in [0, 0.1) is 11.3 Å². The Balaban J connectivity index is 0.00000225. The number of nitrogens with zero attached hydrogens (tertiary/aromatic N) is 1. The second-order valence-electron chi connectivity index (χ2n) is 7.05. The van der Waals surface area contributed by atoms with E-state index in [0.717, 1.165) is 43.6 Å². The van der Waals surface area contributed by atoms with E-state index in [1.165, 1.54) is 0 Å². The Labute approximate surface area is 155 Å². The van der Waals surface area contributed by atoms with Crippen molar-refractivity contribution >= 4 is 29.9 Å². The summed E-state index contributed by atoms with van der Waals surface area (Å²) in [5, 5.41) is 6.48. The first-order valence-electron chi connectivity index (χ1n) is 8.91. The minimum Gasteiger partial charge on any atom is -0.339 e. The van der Waals surface area contributed by atoms with Crippen LogP contribution in [-0.4, -0.2) is 36.3 Å². The SMILES string of the molecule is CCN(Cc1ccccc1NC(=O)C1CC12CCNCC2)C(C)=O.Cl. The first-order valence-corrected chi connectivity index (χ1v) is 8.91. The van der Waals surface area contributed by atoms with Gasteiger partial charge in [-0.1, -0.05) is 18.2 Å². The Bertz CT molecular complexity index is 629. The van der Waals surface area contributed by atoms with E-state index in [2.05, 4.69) is 10.6 Å². The van der Waals surface area contributed by atoms with Crippen LogP contribution in [-0.2, 0) is 16.1 Å². The van der Waals surface area contributed by atoms with Crippen molar-refractivity contribution in [2.45, 2.75) is 39.7 Å². The van der Waals surface area contributed by atoms with Crippen molar-refractivity contribution in [1.29, 1.82) is 0 Å². The summed E-state index contributed by atoms with van der Waals surface area (Å²) in [7, 11) is 0. The summed E-state index contributed by atoms with van der Waals surface area (Å²) in [6.45, 7) is 6.77. The summed E-state index contributed by atoms with van der Waals surface area (Å²) >= 11 is 0. The third-order valence-electron chi connectivity index (χ3n) is 5.57. The van der Waals surface area contributed by atoms with Crippen molar-refractivity contribution in [3.8, 4) is 0 Å². The number of benzene rings is 1. The Hall–Kier alpha value is -1.59. The van der Waals surface area contributed by atoms with Crippen molar-refractivity contribution in [3.63, 3.8) is 0 Å². The predicted molar refractivity (Wildman–Crippen MR) is 102 cm³/mol. The maximum absolute atomic E-state index is 12.7. The minimum atomic E-state index is 0. The number of para-hydroxylation sites is 1. The van der Waals surface area contributed by atoms with Crippen LogP contribution in [0.2, 0.25) is 0 Å². The van der Waals surface area contributed by atoms with Crippen molar-refractivity contribution in [2.24, 2.45) is 11.3 Å². The highest BCUT2D eigenvalue weighted by Crippen LogP contribution is 2.58. The van der Waals surface area contributed by atoms with E-state index in [9.17, 15) is 9.59 Å². The van der Waals surface area contributed by atoms with Crippen LogP contribution >= 0.6 is 12.4 Å². The van der Waals surface area contributed by atoms with Gasteiger partial charge in [-0.05, 0) is 56.3 Å². The zero-order valence-corrected chi connectivity index (χ0v) is 15.8. The first-order chi connectivity index (χ1) is 11.6. The van der Waals surface area contributed by atoms with Crippen LogP contribution in [0.15, 0.2) is 24.3 Å². The molecule has 2 amide bonds. The summed E-state index contributed by atoms with van der Waals surface area (Å²) in [6.07, 6.45) is 3.21. The summed E-state index contributed by atoms with van der Waals surface area (Å²) in [6, 6.07) is 7.79. The molecule has 1 aliphatic heterocycles. The fourth-order valence-electron chi connectivity index (χ4n) is 3.85. The smallest absolute Gasteiger partial charge is 0.228 e. The number of carbonyl (C=O) groups excluding carboxylic acids is 2. The van der Waals surface area contributed by atoms with E-state index < -0.39 is 0 Å². The van der Waals surface area contributed by atoms with Crippen molar-refractivity contribution < 1.29 is 9.59 Å². The molecule has 3 rings (SSSR count). The van der Waals surface area contributed by atoms with Crippen molar-refractivity contribution in [3.05, 3.63) is 29.8 Å². The fraction of sp³-hybridized carbons (Fsp3) is 0.579. The van der Waals surface area contributed by atoms with Gasteiger partial charge in [-0.2, -0.15) is 0 Å². The Morgan fingerprint density at radius 1 is 1.28 bits per heavy atom. The highest BCUT2D eigenvalue weighted by Gasteiger charge is 2.57. The Morgan fingerprint density at radius 3 is 2.60 bits per heavy atom. The predicted octanol–water partition coefficient (Wildman–Crippen LogP) is 2.81. The number of hydrogen-bond acceptors (Lipinski definition) is 3. The molecule has 1 saturated carbocycles. The highest BCUT2D eigenvalue weighted by molar-refractivity contribution is 5.95. The van der Waals surface area contributed by atoms with Crippen LogP contribution < -0.4 is 10.6 Å². The van der Waals surface area contributed by atoms with Gasteiger partial charge in [0.25, 0.3) is 0 Å². The molecule has 2 N–H and O–H groups in total. The summed E-state index contributed by atoms with van der Waals surface area (Å²) < 4.78 is 0. The molecule has 2 aliphatic rings. The topological polar surface area (TPSA) is 61.4 Å². The molecule has 25 heavy (non-hydrogen) atoms. The first kappa shape index (κ1) is 19.7. The number of halogens is 1. The van der Waals surface area contributed by atoms with Gasteiger partial charge < -0.3 is 15.5 Å². The van der Waals surface area contributed by atoms with E-state index >= 15 is 0 Å². The molecule has 1 spiro atoms. The monoisotopic (exact) mass is 365 g/mol.